The van der Waals surface area contributed by atoms with Gasteiger partial charge in [-0.25, -0.2) is 22.4 Å². The predicted octanol–water partition coefficient (Wildman–Crippen LogP) is 6.65. The molecule has 33 heavy (non-hydrogen) atoms. The Morgan fingerprint density at radius 2 is 1.42 bits per heavy atom. The molecule has 0 bridgehead atoms. The van der Waals surface area contributed by atoms with E-state index in [0.29, 0.717) is 31.4 Å². The van der Waals surface area contributed by atoms with Crippen LogP contribution in [0.25, 0.3) is 0 Å². The van der Waals surface area contributed by atoms with Crippen LogP contribution in [-0.4, -0.2) is 19.2 Å². The van der Waals surface area contributed by atoms with Crippen LogP contribution < -0.4 is 4.74 Å². The molecular weight excluding hydrogens is 436 g/mol. The molecule has 180 valence electrons. The van der Waals surface area contributed by atoms with E-state index in [1.165, 1.54) is 12.1 Å². The summed E-state index contributed by atoms with van der Waals surface area (Å²) in [4.78, 5) is 10.9. The van der Waals surface area contributed by atoms with Gasteiger partial charge in [0.2, 0.25) is 0 Å². The summed E-state index contributed by atoms with van der Waals surface area (Å²) in [5.41, 5.74) is 0.167. The van der Waals surface area contributed by atoms with Crippen LogP contribution >= 0.6 is 0 Å². The molecule has 0 atom stereocenters. The van der Waals surface area contributed by atoms with E-state index in [4.69, 9.17) is 9.47 Å². The maximum Gasteiger partial charge on any atom is 0.330 e. The predicted molar refractivity (Wildman–Crippen MR) is 119 cm³/mol. The van der Waals surface area contributed by atoms with Gasteiger partial charge >= 0.3 is 5.97 Å². The molecule has 3 nitrogen and oxygen atoms in total. The molecule has 0 N–H and O–H groups in total. The Kier molecular flexibility index (Phi) is 10.9. The Hall–Kier alpha value is -2.83. The van der Waals surface area contributed by atoms with Crippen LogP contribution in [0.5, 0.6) is 5.75 Å². The summed E-state index contributed by atoms with van der Waals surface area (Å²) >= 11 is 0. The minimum Gasteiger partial charge on any atom is -0.493 e. The summed E-state index contributed by atoms with van der Waals surface area (Å²) in [7, 11) is 0. The lowest BCUT2D eigenvalue weighted by molar-refractivity contribution is -0.137. The third kappa shape index (κ3) is 8.56. The first-order chi connectivity index (χ1) is 15.8. The minimum atomic E-state index is -0.738. The number of rotatable bonds is 14. The zero-order valence-corrected chi connectivity index (χ0v) is 18.9. The van der Waals surface area contributed by atoms with Crippen molar-refractivity contribution in [1.29, 1.82) is 0 Å². The van der Waals surface area contributed by atoms with Crippen LogP contribution in [0.15, 0.2) is 36.9 Å². The smallest absolute Gasteiger partial charge is 0.330 e. The fourth-order valence-electron chi connectivity index (χ4n) is 3.36. The van der Waals surface area contributed by atoms with Crippen molar-refractivity contribution < 1.29 is 31.8 Å². The van der Waals surface area contributed by atoms with Crippen molar-refractivity contribution in [2.45, 2.75) is 58.3 Å². The Morgan fingerprint density at radius 1 is 0.818 bits per heavy atom. The lowest BCUT2D eigenvalue weighted by atomic mass is 9.99. The van der Waals surface area contributed by atoms with Crippen molar-refractivity contribution in [3.8, 4) is 5.75 Å². The first kappa shape index (κ1) is 26.4. The molecule has 0 radical (unpaired) electrons. The molecular formula is C26H30F4O3. The van der Waals surface area contributed by atoms with Crippen LogP contribution in [0, 0.1) is 23.3 Å². The molecule has 7 heteroatoms. The third-order valence-corrected chi connectivity index (χ3v) is 5.23. The number of hydrogen-bond acceptors (Lipinski definition) is 3. The molecule has 2 rings (SSSR count). The van der Waals surface area contributed by atoms with E-state index in [2.05, 4.69) is 6.58 Å². The van der Waals surface area contributed by atoms with Crippen molar-refractivity contribution in [3.63, 3.8) is 0 Å². The number of carbonyl (C=O) groups is 1. The van der Waals surface area contributed by atoms with Gasteiger partial charge in [-0.05, 0) is 62.6 Å². The van der Waals surface area contributed by atoms with Gasteiger partial charge in [-0.3, -0.25) is 0 Å². The summed E-state index contributed by atoms with van der Waals surface area (Å²) < 4.78 is 67.7. The summed E-state index contributed by atoms with van der Waals surface area (Å²) in [6.45, 7) is 5.89. The zero-order chi connectivity index (χ0) is 24.2. The molecule has 2 aromatic carbocycles. The molecule has 0 saturated heterocycles. The number of unbranched alkanes of at least 4 members (excludes halogenated alkanes) is 3. The number of ether oxygens (including phenoxy) is 2. The van der Waals surface area contributed by atoms with Crippen LogP contribution in [-0.2, 0) is 28.8 Å². The highest BCUT2D eigenvalue weighted by Crippen LogP contribution is 2.24. The normalized spacial score (nSPS) is 10.8. The highest BCUT2D eigenvalue weighted by molar-refractivity contribution is 5.81. The first-order valence-electron chi connectivity index (χ1n) is 11.2. The zero-order valence-electron chi connectivity index (χ0n) is 18.9. The van der Waals surface area contributed by atoms with E-state index in [0.717, 1.165) is 31.1 Å². The van der Waals surface area contributed by atoms with Crippen molar-refractivity contribution in [2.24, 2.45) is 0 Å². The lowest BCUT2D eigenvalue weighted by Crippen LogP contribution is -2.04. The van der Waals surface area contributed by atoms with Gasteiger partial charge in [0, 0.05) is 29.3 Å². The first-order valence-corrected chi connectivity index (χ1v) is 11.2. The minimum absolute atomic E-state index is 0.0206. The molecule has 0 amide bonds. The molecule has 0 aromatic heterocycles. The number of esters is 1. The summed E-state index contributed by atoms with van der Waals surface area (Å²) in [6.07, 6.45) is 4.78. The largest absolute Gasteiger partial charge is 0.493 e. The highest BCUT2D eigenvalue weighted by atomic mass is 19.1. The standard InChI is InChI=1S/C26H30F4O3/c1-3-5-12-32-19-16-24(29)21(25(30)17-19)11-10-18-14-22(27)20(23(28)15-18)9-7-6-8-13-33-26(31)4-2/h4,14-17H,2-3,5-13H2,1H3. The molecule has 0 saturated carbocycles. The van der Waals surface area contributed by atoms with Gasteiger partial charge in [0.05, 0.1) is 13.2 Å². The van der Waals surface area contributed by atoms with E-state index in [1.807, 2.05) is 6.92 Å². The fraction of sp³-hybridized carbons (Fsp3) is 0.423. The maximum atomic E-state index is 14.4. The molecule has 0 aliphatic rings. The van der Waals surface area contributed by atoms with Crippen molar-refractivity contribution >= 4 is 5.97 Å². The average Bonchev–Trinajstić information content (AvgIpc) is 2.77. The third-order valence-electron chi connectivity index (χ3n) is 5.23. The maximum absolute atomic E-state index is 14.4. The van der Waals surface area contributed by atoms with Gasteiger partial charge in [0.15, 0.2) is 0 Å². The van der Waals surface area contributed by atoms with E-state index in [9.17, 15) is 22.4 Å². The fourth-order valence-corrected chi connectivity index (χ4v) is 3.36. The van der Waals surface area contributed by atoms with Crippen LogP contribution in [0.2, 0.25) is 0 Å². The molecule has 0 unspecified atom stereocenters. The van der Waals surface area contributed by atoms with Crippen molar-refractivity contribution in [3.05, 3.63) is 76.9 Å². The molecule has 0 aliphatic heterocycles. The van der Waals surface area contributed by atoms with Crippen molar-refractivity contribution in [1.82, 2.24) is 0 Å². The Bertz CT molecular complexity index is 897. The number of halogens is 4. The van der Waals surface area contributed by atoms with E-state index >= 15 is 0 Å². The second kappa shape index (κ2) is 13.7. The topological polar surface area (TPSA) is 35.5 Å². The molecule has 0 fully saturated rings. The second-order valence-corrected chi connectivity index (χ2v) is 7.79. The lowest BCUT2D eigenvalue weighted by Gasteiger charge is -2.11. The number of aryl methyl sites for hydroxylation is 1. The number of benzene rings is 2. The molecule has 0 heterocycles. The van der Waals surface area contributed by atoms with Crippen LogP contribution in [0.3, 0.4) is 0 Å². The Balaban J connectivity index is 1.91. The summed E-state index contributed by atoms with van der Waals surface area (Å²) in [5, 5.41) is 0. The van der Waals surface area contributed by atoms with E-state index < -0.39 is 29.2 Å². The number of hydrogen-bond donors (Lipinski definition) is 0. The van der Waals surface area contributed by atoms with Gasteiger partial charge in [0.1, 0.15) is 29.0 Å². The Morgan fingerprint density at radius 3 is 2.03 bits per heavy atom. The molecule has 2 aromatic rings. The van der Waals surface area contributed by atoms with Gasteiger partial charge in [-0.2, -0.15) is 0 Å². The molecule has 0 aliphatic carbocycles. The average molecular weight is 467 g/mol. The van der Waals surface area contributed by atoms with Gasteiger partial charge in [-0.1, -0.05) is 19.9 Å². The van der Waals surface area contributed by atoms with Crippen LogP contribution in [0.4, 0.5) is 17.6 Å². The summed E-state index contributed by atoms with van der Waals surface area (Å²) in [6, 6.07) is 4.69. The van der Waals surface area contributed by atoms with Gasteiger partial charge < -0.3 is 9.47 Å². The van der Waals surface area contributed by atoms with Crippen molar-refractivity contribution in [2.75, 3.05) is 13.2 Å². The summed E-state index contributed by atoms with van der Waals surface area (Å²) in [5.74, 6) is -3.20. The second-order valence-electron chi connectivity index (χ2n) is 7.79. The Labute approximate surface area is 192 Å². The molecule has 0 spiro atoms. The van der Waals surface area contributed by atoms with E-state index in [-0.39, 0.29) is 42.7 Å². The van der Waals surface area contributed by atoms with Crippen LogP contribution in [0.1, 0.15) is 55.7 Å². The quantitative estimate of drug-likeness (QED) is 0.135. The monoisotopic (exact) mass is 466 g/mol. The van der Waals surface area contributed by atoms with E-state index in [1.54, 1.807) is 0 Å². The highest BCUT2D eigenvalue weighted by Gasteiger charge is 2.15. The van der Waals surface area contributed by atoms with Gasteiger partial charge in [-0.15, -0.1) is 0 Å². The number of carbonyl (C=O) groups excluding carboxylic acids is 1. The SMILES string of the molecule is C=CC(=O)OCCCCCc1c(F)cc(CCc2c(F)cc(OCCCC)cc2F)cc1F. The van der Waals surface area contributed by atoms with Gasteiger partial charge in [0.25, 0.3) is 0 Å².